The van der Waals surface area contributed by atoms with Gasteiger partial charge in [0.15, 0.2) is 0 Å². The molecule has 22 heavy (non-hydrogen) atoms. The first-order valence-corrected chi connectivity index (χ1v) is 8.09. The zero-order valence-corrected chi connectivity index (χ0v) is 14.5. The summed E-state index contributed by atoms with van der Waals surface area (Å²) in [6.07, 6.45) is 5.47. The quantitative estimate of drug-likeness (QED) is 0.591. The number of fused-ring (bicyclic) bond motifs is 2. The second kappa shape index (κ2) is 5.71. The van der Waals surface area contributed by atoms with Crippen molar-refractivity contribution in [3.63, 3.8) is 0 Å². The van der Waals surface area contributed by atoms with E-state index in [9.17, 15) is 9.59 Å². The van der Waals surface area contributed by atoms with Gasteiger partial charge in [-0.05, 0) is 65.7 Å². The van der Waals surface area contributed by atoms with Gasteiger partial charge in [0.05, 0.1) is 5.92 Å². The van der Waals surface area contributed by atoms with E-state index in [1.54, 1.807) is 0 Å². The van der Waals surface area contributed by atoms with Gasteiger partial charge in [-0.15, -0.1) is 0 Å². The number of hydrogen-bond acceptors (Lipinski definition) is 4. The largest absolute Gasteiger partial charge is 0.460 e. The fourth-order valence-electron chi connectivity index (χ4n) is 3.50. The third kappa shape index (κ3) is 4.11. The Morgan fingerprint density at radius 3 is 2.05 bits per heavy atom. The molecule has 0 N–H and O–H groups in total. The van der Waals surface area contributed by atoms with E-state index in [1.807, 2.05) is 41.5 Å². The van der Waals surface area contributed by atoms with Crippen molar-refractivity contribution in [1.29, 1.82) is 0 Å². The summed E-state index contributed by atoms with van der Waals surface area (Å²) in [5, 5.41) is 0. The highest BCUT2D eigenvalue weighted by Crippen LogP contribution is 2.50. The third-order valence-corrected chi connectivity index (χ3v) is 4.12. The second-order valence-electron chi connectivity index (χ2n) is 8.46. The number of esters is 2. The first kappa shape index (κ1) is 17.0. The molecule has 2 aliphatic carbocycles. The summed E-state index contributed by atoms with van der Waals surface area (Å²) in [5.41, 5.74) is -0.995. The zero-order chi connectivity index (χ0) is 16.7. The van der Waals surface area contributed by atoms with Crippen molar-refractivity contribution in [3.8, 4) is 0 Å². The molecule has 0 heterocycles. The van der Waals surface area contributed by atoms with Gasteiger partial charge in [0.1, 0.15) is 11.2 Å². The van der Waals surface area contributed by atoms with Crippen LogP contribution in [0.5, 0.6) is 0 Å². The summed E-state index contributed by atoms with van der Waals surface area (Å²) in [7, 11) is 0. The summed E-state index contributed by atoms with van der Waals surface area (Å²) in [4.78, 5) is 24.7. The van der Waals surface area contributed by atoms with Crippen LogP contribution in [-0.2, 0) is 19.1 Å². The van der Waals surface area contributed by atoms with Crippen LogP contribution in [-0.4, -0.2) is 23.1 Å². The molecule has 2 bridgehead atoms. The third-order valence-electron chi connectivity index (χ3n) is 4.12. The molecule has 0 aliphatic heterocycles. The van der Waals surface area contributed by atoms with E-state index in [1.165, 1.54) is 0 Å². The Hall–Kier alpha value is -1.32. The molecule has 0 aromatic carbocycles. The molecule has 0 radical (unpaired) electrons. The van der Waals surface area contributed by atoms with Crippen LogP contribution in [0.2, 0.25) is 0 Å². The van der Waals surface area contributed by atoms with Gasteiger partial charge in [-0.2, -0.15) is 0 Å². The number of hydrogen-bond donors (Lipinski definition) is 0. The standard InChI is InChI=1S/C18H28O4/c1-17(2,3)21-14(19)10-13-11-7-8-12(9-11)15(13)16(20)22-18(4,5)6/h7-8,11-13,15H,9-10H2,1-6H3. The van der Waals surface area contributed by atoms with E-state index in [2.05, 4.69) is 12.2 Å². The van der Waals surface area contributed by atoms with Gasteiger partial charge < -0.3 is 9.47 Å². The Kier molecular flexibility index (Phi) is 4.42. The maximum Gasteiger partial charge on any atom is 0.310 e. The molecule has 4 unspecified atom stereocenters. The van der Waals surface area contributed by atoms with E-state index < -0.39 is 11.2 Å². The van der Waals surface area contributed by atoms with Gasteiger partial charge in [-0.3, -0.25) is 9.59 Å². The van der Waals surface area contributed by atoms with E-state index in [-0.39, 0.29) is 42.0 Å². The molecule has 1 fully saturated rings. The van der Waals surface area contributed by atoms with Crippen molar-refractivity contribution in [2.45, 2.75) is 65.6 Å². The Morgan fingerprint density at radius 1 is 0.955 bits per heavy atom. The molecule has 4 nitrogen and oxygen atoms in total. The van der Waals surface area contributed by atoms with Crippen LogP contribution < -0.4 is 0 Å². The molecule has 2 rings (SSSR count). The average Bonchev–Trinajstić information content (AvgIpc) is 2.83. The molecule has 0 amide bonds. The minimum atomic E-state index is -0.501. The maximum absolute atomic E-state index is 12.5. The highest BCUT2D eigenvalue weighted by Gasteiger charge is 2.50. The molecule has 124 valence electrons. The summed E-state index contributed by atoms with van der Waals surface area (Å²) < 4.78 is 11.0. The van der Waals surface area contributed by atoms with Gasteiger partial charge in [-0.1, -0.05) is 12.2 Å². The highest BCUT2D eigenvalue weighted by molar-refractivity contribution is 5.77. The van der Waals surface area contributed by atoms with E-state index in [4.69, 9.17) is 9.47 Å². The summed E-state index contributed by atoms with van der Waals surface area (Å²) >= 11 is 0. The van der Waals surface area contributed by atoms with Crippen molar-refractivity contribution in [3.05, 3.63) is 12.2 Å². The number of carbonyl (C=O) groups excluding carboxylic acids is 2. The Labute approximate surface area is 133 Å². The SMILES string of the molecule is CC(C)(C)OC(=O)CC1C2C=CC(C2)C1C(=O)OC(C)(C)C. The van der Waals surface area contributed by atoms with Crippen molar-refractivity contribution in [2.75, 3.05) is 0 Å². The average molecular weight is 308 g/mol. The van der Waals surface area contributed by atoms with Crippen LogP contribution in [0.15, 0.2) is 12.2 Å². The van der Waals surface area contributed by atoms with Crippen LogP contribution in [0.4, 0.5) is 0 Å². The highest BCUT2D eigenvalue weighted by atomic mass is 16.6. The monoisotopic (exact) mass is 308 g/mol. The minimum absolute atomic E-state index is 0.000278. The number of rotatable bonds is 3. The van der Waals surface area contributed by atoms with Crippen LogP contribution in [0.25, 0.3) is 0 Å². The normalized spacial score (nSPS) is 30.5. The van der Waals surface area contributed by atoms with Crippen LogP contribution in [0.1, 0.15) is 54.4 Å². The van der Waals surface area contributed by atoms with Crippen molar-refractivity contribution < 1.29 is 19.1 Å². The lowest BCUT2D eigenvalue weighted by atomic mass is 9.81. The predicted octanol–water partition coefficient (Wildman–Crippen LogP) is 3.50. The summed E-state index contributed by atoms with van der Waals surface area (Å²) in [6.45, 7) is 11.2. The second-order valence-corrected chi connectivity index (χ2v) is 8.46. The van der Waals surface area contributed by atoms with Gasteiger partial charge in [0.25, 0.3) is 0 Å². The van der Waals surface area contributed by atoms with Crippen LogP contribution in [0, 0.1) is 23.7 Å². The lowest BCUT2D eigenvalue weighted by molar-refractivity contribution is -0.164. The van der Waals surface area contributed by atoms with Crippen molar-refractivity contribution >= 4 is 11.9 Å². The number of ether oxygens (including phenoxy) is 2. The fourth-order valence-corrected chi connectivity index (χ4v) is 3.50. The molecule has 2 aliphatic rings. The van der Waals surface area contributed by atoms with Crippen molar-refractivity contribution in [2.24, 2.45) is 23.7 Å². The van der Waals surface area contributed by atoms with Gasteiger partial charge >= 0.3 is 11.9 Å². The molecule has 0 spiro atoms. The van der Waals surface area contributed by atoms with Gasteiger partial charge in [0.2, 0.25) is 0 Å². The van der Waals surface area contributed by atoms with E-state index in [0.29, 0.717) is 0 Å². The lowest BCUT2D eigenvalue weighted by Crippen LogP contribution is -2.36. The molecule has 4 atom stereocenters. The molecule has 0 aromatic rings. The lowest BCUT2D eigenvalue weighted by Gasteiger charge is -2.30. The van der Waals surface area contributed by atoms with Crippen LogP contribution in [0.3, 0.4) is 0 Å². The van der Waals surface area contributed by atoms with Gasteiger partial charge in [-0.25, -0.2) is 0 Å². The Morgan fingerprint density at radius 2 is 1.50 bits per heavy atom. The smallest absolute Gasteiger partial charge is 0.310 e. The first-order chi connectivity index (χ1) is 9.96. The Bertz CT molecular complexity index is 478. The molecular weight excluding hydrogens is 280 g/mol. The van der Waals surface area contributed by atoms with Gasteiger partial charge in [0, 0.05) is 6.42 Å². The topological polar surface area (TPSA) is 52.6 Å². The maximum atomic E-state index is 12.5. The predicted molar refractivity (Wildman–Crippen MR) is 84.0 cm³/mol. The van der Waals surface area contributed by atoms with Crippen molar-refractivity contribution in [1.82, 2.24) is 0 Å². The summed E-state index contributed by atoms with van der Waals surface area (Å²) in [6, 6.07) is 0. The molecule has 1 saturated carbocycles. The number of carbonyl (C=O) groups is 2. The first-order valence-electron chi connectivity index (χ1n) is 8.09. The number of allylic oxidation sites excluding steroid dienone is 2. The Balaban J connectivity index is 2.07. The van der Waals surface area contributed by atoms with Crippen LogP contribution >= 0.6 is 0 Å². The fraction of sp³-hybridized carbons (Fsp3) is 0.778. The minimum Gasteiger partial charge on any atom is -0.460 e. The zero-order valence-electron chi connectivity index (χ0n) is 14.5. The molecule has 4 heteroatoms. The van der Waals surface area contributed by atoms with E-state index >= 15 is 0 Å². The van der Waals surface area contributed by atoms with E-state index in [0.717, 1.165) is 6.42 Å². The molecule has 0 saturated heterocycles. The molecule has 0 aromatic heterocycles. The summed E-state index contributed by atoms with van der Waals surface area (Å²) in [5.74, 6) is -0.145. The molecular formula is C18H28O4.